The van der Waals surface area contributed by atoms with Gasteiger partial charge in [-0.25, -0.2) is 0 Å². The lowest BCUT2D eigenvalue weighted by atomic mass is 10.2. The topological polar surface area (TPSA) is 78.9 Å². The Morgan fingerprint density at radius 3 is 2.68 bits per heavy atom. The number of hydrogen-bond donors (Lipinski definition) is 2. The summed E-state index contributed by atoms with van der Waals surface area (Å²) in [7, 11) is 0. The van der Waals surface area contributed by atoms with E-state index in [4.69, 9.17) is 9.84 Å². The third kappa shape index (κ3) is 7.12. The van der Waals surface area contributed by atoms with Gasteiger partial charge in [0.25, 0.3) is 0 Å². The highest BCUT2D eigenvalue weighted by Gasteiger charge is 2.18. The van der Waals surface area contributed by atoms with Gasteiger partial charge in [-0.15, -0.1) is 0 Å². The normalized spacial score (nSPS) is 19.1. The molecule has 6 nitrogen and oxygen atoms in total. The molecule has 0 bridgehead atoms. The van der Waals surface area contributed by atoms with Gasteiger partial charge in [0.15, 0.2) is 0 Å². The summed E-state index contributed by atoms with van der Waals surface area (Å²) in [5.41, 5.74) is 0. The molecule has 1 atom stereocenters. The predicted octanol–water partition coefficient (Wildman–Crippen LogP) is 0.324. The van der Waals surface area contributed by atoms with Gasteiger partial charge in [0.2, 0.25) is 5.91 Å². The number of carboxylic acid groups (broad SMARTS) is 1. The van der Waals surface area contributed by atoms with Crippen LogP contribution < -0.4 is 5.32 Å². The molecule has 0 radical (unpaired) electrons. The van der Waals surface area contributed by atoms with Crippen LogP contribution in [-0.2, 0) is 14.3 Å². The zero-order valence-electron chi connectivity index (χ0n) is 11.7. The molecule has 1 unspecified atom stereocenters. The number of carbonyl (C=O) groups is 2. The van der Waals surface area contributed by atoms with E-state index in [9.17, 15) is 9.59 Å². The minimum Gasteiger partial charge on any atom is -0.480 e. The van der Waals surface area contributed by atoms with Crippen LogP contribution in [0.2, 0.25) is 0 Å². The van der Waals surface area contributed by atoms with E-state index in [1.807, 2.05) is 13.8 Å². The predicted molar refractivity (Wildman–Crippen MR) is 70.9 cm³/mol. The van der Waals surface area contributed by atoms with Crippen LogP contribution >= 0.6 is 0 Å². The van der Waals surface area contributed by atoms with E-state index in [1.165, 1.54) is 0 Å². The Morgan fingerprint density at radius 1 is 1.42 bits per heavy atom. The molecule has 0 aromatic heterocycles. The van der Waals surface area contributed by atoms with Crippen LogP contribution in [0.4, 0.5) is 0 Å². The minimum atomic E-state index is -0.910. The molecule has 1 amide bonds. The lowest BCUT2D eigenvalue weighted by Gasteiger charge is -2.22. The van der Waals surface area contributed by atoms with Crippen LogP contribution in [0.3, 0.4) is 0 Å². The van der Waals surface area contributed by atoms with Gasteiger partial charge in [0.1, 0.15) is 0 Å². The molecular weight excluding hydrogens is 248 g/mol. The fraction of sp³-hybridized carbons (Fsp3) is 0.846. The Morgan fingerprint density at radius 2 is 2.16 bits per heavy atom. The highest BCUT2D eigenvalue weighted by molar-refractivity contribution is 5.79. The number of carboxylic acids is 1. The molecule has 6 heteroatoms. The average Bonchev–Trinajstić information content (AvgIpc) is 2.77. The smallest absolute Gasteiger partial charge is 0.317 e. The molecule has 0 spiro atoms. The SMILES string of the molecule is CC(C)CN(CC(=O)O)CC(=O)NCC1CCCO1. The Balaban J connectivity index is 2.30. The summed E-state index contributed by atoms with van der Waals surface area (Å²) in [5.74, 6) is -0.727. The van der Waals surface area contributed by atoms with Crippen molar-refractivity contribution in [3.8, 4) is 0 Å². The van der Waals surface area contributed by atoms with Crippen molar-refractivity contribution in [2.75, 3.05) is 32.8 Å². The van der Waals surface area contributed by atoms with Gasteiger partial charge in [-0.1, -0.05) is 13.8 Å². The number of amides is 1. The van der Waals surface area contributed by atoms with Crippen LogP contribution in [0.25, 0.3) is 0 Å². The molecule has 0 aromatic carbocycles. The van der Waals surface area contributed by atoms with Crippen LogP contribution in [0.1, 0.15) is 26.7 Å². The van der Waals surface area contributed by atoms with Crippen molar-refractivity contribution in [3.05, 3.63) is 0 Å². The van der Waals surface area contributed by atoms with E-state index in [1.54, 1.807) is 4.90 Å². The van der Waals surface area contributed by atoms with Crippen molar-refractivity contribution in [3.63, 3.8) is 0 Å². The first kappa shape index (κ1) is 15.9. The minimum absolute atomic E-state index is 0.106. The number of hydrogen-bond acceptors (Lipinski definition) is 4. The quantitative estimate of drug-likeness (QED) is 0.665. The zero-order valence-corrected chi connectivity index (χ0v) is 11.7. The van der Waals surface area contributed by atoms with Crippen molar-refractivity contribution >= 4 is 11.9 Å². The molecule has 0 saturated carbocycles. The zero-order chi connectivity index (χ0) is 14.3. The lowest BCUT2D eigenvalue weighted by molar-refractivity contribution is -0.138. The van der Waals surface area contributed by atoms with Gasteiger partial charge in [-0.05, 0) is 18.8 Å². The molecule has 1 aliphatic heterocycles. The second-order valence-corrected chi connectivity index (χ2v) is 5.40. The van der Waals surface area contributed by atoms with Crippen LogP contribution in [0, 0.1) is 5.92 Å². The van der Waals surface area contributed by atoms with E-state index in [0.717, 1.165) is 19.4 Å². The van der Waals surface area contributed by atoms with Gasteiger partial charge < -0.3 is 15.2 Å². The first-order chi connectivity index (χ1) is 8.97. The Kier molecular flexibility index (Phi) is 6.80. The van der Waals surface area contributed by atoms with Crippen molar-refractivity contribution in [1.29, 1.82) is 0 Å². The second-order valence-electron chi connectivity index (χ2n) is 5.40. The number of carbonyl (C=O) groups excluding carboxylic acids is 1. The summed E-state index contributed by atoms with van der Waals surface area (Å²) < 4.78 is 5.41. The van der Waals surface area contributed by atoms with Crippen LogP contribution in [0.5, 0.6) is 0 Å². The molecule has 0 aliphatic carbocycles. The van der Waals surface area contributed by atoms with E-state index in [0.29, 0.717) is 19.0 Å². The van der Waals surface area contributed by atoms with Crippen molar-refractivity contribution in [2.45, 2.75) is 32.8 Å². The van der Waals surface area contributed by atoms with E-state index < -0.39 is 5.97 Å². The van der Waals surface area contributed by atoms with Gasteiger partial charge in [-0.3, -0.25) is 14.5 Å². The summed E-state index contributed by atoms with van der Waals surface area (Å²) in [6.45, 7) is 5.89. The third-order valence-corrected chi connectivity index (χ3v) is 2.90. The van der Waals surface area contributed by atoms with E-state index >= 15 is 0 Å². The van der Waals surface area contributed by atoms with E-state index in [-0.39, 0.29) is 25.1 Å². The fourth-order valence-corrected chi connectivity index (χ4v) is 2.18. The summed E-state index contributed by atoms with van der Waals surface area (Å²) in [6, 6.07) is 0. The number of ether oxygens (including phenoxy) is 1. The number of aliphatic carboxylic acids is 1. The Labute approximate surface area is 114 Å². The van der Waals surface area contributed by atoms with Gasteiger partial charge in [0.05, 0.1) is 19.2 Å². The monoisotopic (exact) mass is 272 g/mol. The van der Waals surface area contributed by atoms with Gasteiger partial charge in [-0.2, -0.15) is 0 Å². The van der Waals surface area contributed by atoms with Crippen molar-refractivity contribution in [1.82, 2.24) is 10.2 Å². The van der Waals surface area contributed by atoms with Crippen molar-refractivity contribution in [2.24, 2.45) is 5.92 Å². The molecule has 1 aliphatic rings. The van der Waals surface area contributed by atoms with Crippen LogP contribution in [-0.4, -0.2) is 60.8 Å². The third-order valence-electron chi connectivity index (χ3n) is 2.90. The first-order valence-electron chi connectivity index (χ1n) is 6.80. The number of rotatable bonds is 8. The first-order valence-corrected chi connectivity index (χ1v) is 6.80. The van der Waals surface area contributed by atoms with Gasteiger partial charge >= 0.3 is 5.97 Å². The number of nitrogens with one attached hydrogen (secondary N) is 1. The molecule has 2 N–H and O–H groups in total. The molecule has 1 fully saturated rings. The summed E-state index contributed by atoms with van der Waals surface area (Å²) in [6.07, 6.45) is 2.13. The maximum absolute atomic E-state index is 11.8. The highest BCUT2D eigenvalue weighted by atomic mass is 16.5. The van der Waals surface area contributed by atoms with Crippen molar-refractivity contribution < 1.29 is 19.4 Å². The largest absolute Gasteiger partial charge is 0.480 e. The van der Waals surface area contributed by atoms with Crippen LogP contribution in [0.15, 0.2) is 0 Å². The molecule has 19 heavy (non-hydrogen) atoms. The molecule has 1 saturated heterocycles. The fourth-order valence-electron chi connectivity index (χ4n) is 2.18. The van der Waals surface area contributed by atoms with E-state index in [2.05, 4.69) is 5.32 Å². The summed E-state index contributed by atoms with van der Waals surface area (Å²) >= 11 is 0. The standard InChI is InChI=1S/C13H24N2O4/c1-10(2)7-15(9-13(17)18)8-12(16)14-6-11-4-3-5-19-11/h10-11H,3-9H2,1-2H3,(H,14,16)(H,17,18). The highest BCUT2D eigenvalue weighted by Crippen LogP contribution is 2.10. The lowest BCUT2D eigenvalue weighted by Crippen LogP contribution is -2.43. The van der Waals surface area contributed by atoms with Gasteiger partial charge in [0, 0.05) is 19.7 Å². The summed E-state index contributed by atoms with van der Waals surface area (Å²) in [4.78, 5) is 24.2. The maximum atomic E-state index is 11.8. The summed E-state index contributed by atoms with van der Waals surface area (Å²) in [5, 5.41) is 11.6. The molecule has 1 rings (SSSR count). The molecular formula is C13H24N2O4. The Hall–Kier alpha value is -1.14. The second kappa shape index (κ2) is 8.12. The number of nitrogens with zero attached hydrogens (tertiary/aromatic N) is 1. The molecule has 110 valence electrons. The molecule has 0 aromatic rings. The Bertz CT molecular complexity index is 301. The molecule has 1 heterocycles. The average molecular weight is 272 g/mol. The maximum Gasteiger partial charge on any atom is 0.317 e.